The van der Waals surface area contributed by atoms with Gasteiger partial charge >= 0.3 is 0 Å². The van der Waals surface area contributed by atoms with Crippen LogP contribution >= 0.6 is 22.9 Å². The zero-order valence-electron chi connectivity index (χ0n) is 8.61. The summed E-state index contributed by atoms with van der Waals surface area (Å²) in [5.41, 5.74) is 7.61. The molecule has 0 aromatic carbocycles. The molecule has 0 saturated heterocycles. The maximum atomic E-state index is 5.80. The Morgan fingerprint density at radius 2 is 2.31 bits per heavy atom. The van der Waals surface area contributed by atoms with E-state index in [4.69, 9.17) is 17.3 Å². The van der Waals surface area contributed by atoms with Crippen LogP contribution in [-0.2, 0) is 6.42 Å². The Kier molecular flexibility index (Phi) is 3.64. The number of nitrogens with two attached hydrogens (primary N) is 1. The zero-order valence-corrected chi connectivity index (χ0v) is 10.2. The molecule has 84 valence electrons. The average molecular weight is 254 g/mol. The fourth-order valence-electron chi connectivity index (χ4n) is 1.38. The number of hydrogen-bond acceptors (Lipinski definition) is 4. The largest absolute Gasteiger partial charge is 0.399 e. The maximum Gasteiger partial charge on any atom is 0.133 e. The van der Waals surface area contributed by atoms with Crippen molar-refractivity contribution in [3.05, 3.63) is 39.7 Å². The summed E-state index contributed by atoms with van der Waals surface area (Å²) < 4.78 is 0. The molecule has 0 bridgehead atoms. The van der Waals surface area contributed by atoms with Crippen molar-refractivity contribution in [2.45, 2.75) is 6.42 Å². The quantitative estimate of drug-likeness (QED) is 0.824. The van der Waals surface area contributed by atoms with Crippen LogP contribution in [0.3, 0.4) is 0 Å². The Morgan fingerprint density at radius 1 is 1.44 bits per heavy atom. The SMILES string of the molecule is Nc1cc(Cl)nc(NCCc2ccsc2)c1. The number of nitrogens with one attached hydrogen (secondary N) is 1. The molecule has 2 heterocycles. The molecule has 0 fully saturated rings. The van der Waals surface area contributed by atoms with Gasteiger partial charge in [-0.3, -0.25) is 0 Å². The van der Waals surface area contributed by atoms with Gasteiger partial charge in [0.1, 0.15) is 11.0 Å². The predicted octanol–water partition coefficient (Wildman–Crippen LogP) is 3.03. The van der Waals surface area contributed by atoms with E-state index >= 15 is 0 Å². The molecule has 3 N–H and O–H groups in total. The Morgan fingerprint density at radius 3 is 3.00 bits per heavy atom. The lowest BCUT2D eigenvalue weighted by atomic mass is 10.2. The number of rotatable bonds is 4. The third-order valence-corrected chi connectivity index (χ3v) is 3.04. The first kappa shape index (κ1) is 11.2. The highest BCUT2D eigenvalue weighted by molar-refractivity contribution is 7.07. The van der Waals surface area contributed by atoms with Crippen LogP contribution in [0.1, 0.15) is 5.56 Å². The van der Waals surface area contributed by atoms with Gasteiger partial charge in [-0.05, 0) is 34.9 Å². The molecule has 0 amide bonds. The fraction of sp³-hybridized carbons (Fsp3) is 0.182. The van der Waals surface area contributed by atoms with E-state index < -0.39 is 0 Å². The summed E-state index contributed by atoms with van der Waals surface area (Å²) in [5, 5.41) is 7.82. The first-order valence-corrected chi connectivity index (χ1v) is 6.24. The highest BCUT2D eigenvalue weighted by Crippen LogP contribution is 2.16. The van der Waals surface area contributed by atoms with Gasteiger partial charge in [0.2, 0.25) is 0 Å². The lowest BCUT2D eigenvalue weighted by Gasteiger charge is -2.05. The van der Waals surface area contributed by atoms with E-state index in [1.54, 1.807) is 23.5 Å². The molecule has 2 aromatic rings. The molecule has 2 rings (SSSR count). The van der Waals surface area contributed by atoms with Gasteiger partial charge < -0.3 is 11.1 Å². The van der Waals surface area contributed by atoms with Crippen molar-refractivity contribution in [3.8, 4) is 0 Å². The second-order valence-electron chi connectivity index (χ2n) is 3.42. The zero-order chi connectivity index (χ0) is 11.4. The highest BCUT2D eigenvalue weighted by atomic mass is 35.5. The molecule has 0 spiro atoms. The van der Waals surface area contributed by atoms with Crippen LogP contribution in [-0.4, -0.2) is 11.5 Å². The van der Waals surface area contributed by atoms with Crippen molar-refractivity contribution in [1.82, 2.24) is 4.98 Å². The Labute approximate surface area is 103 Å². The maximum absolute atomic E-state index is 5.80. The molecule has 5 heteroatoms. The summed E-state index contributed by atoms with van der Waals surface area (Å²) >= 11 is 7.51. The molecule has 0 aliphatic heterocycles. The summed E-state index contributed by atoms with van der Waals surface area (Å²) in [6.07, 6.45) is 0.970. The lowest BCUT2D eigenvalue weighted by Crippen LogP contribution is -2.06. The number of aromatic nitrogens is 1. The van der Waals surface area contributed by atoms with Crippen molar-refractivity contribution in [2.75, 3.05) is 17.6 Å². The van der Waals surface area contributed by atoms with Crippen LogP contribution in [0.5, 0.6) is 0 Å². The molecule has 2 aromatic heterocycles. The van der Waals surface area contributed by atoms with Crippen molar-refractivity contribution in [3.63, 3.8) is 0 Å². The van der Waals surface area contributed by atoms with Crippen LogP contribution in [0, 0.1) is 0 Å². The van der Waals surface area contributed by atoms with Gasteiger partial charge in [-0.25, -0.2) is 4.98 Å². The third-order valence-electron chi connectivity index (χ3n) is 2.12. The minimum Gasteiger partial charge on any atom is -0.399 e. The molecule has 0 unspecified atom stereocenters. The Balaban J connectivity index is 1.89. The number of hydrogen-bond donors (Lipinski definition) is 2. The minimum atomic E-state index is 0.415. The summed E-state index contributed by atoms with van der Waals surface area (Å²) in [5.74, 6) is 0.722. The summed E-state index contributed by atoms with van der Waals surface area (Å²) in [6, 6.07) is 5.53. The standard InChI is InChI=1S/C11H12ClN3S/c12-10-5-9(13)6-11(15-10)14-3-1-8-2-4-16-7-8/h2,4-7H,1,3H2,(H3,13,14,15). The van der Waals surface area contributed by atoms with Gasteiger partial charge in [-0.15, -0.1) is 0 Å². The van der Waals surface area contributed by atoms with Gasteiger partial charge in [0.25, 0.3) is 0 Å². The normalized spacial score (nSPS) is 10.3. The number of pyridine rings is 1. The van der Waals surface area contributed by atoms with Gasteiger partial charge in [-0.2, -0.15) is 11.3 Å². The van der Waals surface area contributed by atoms with Gasteiger partial charge in [0, 0.05) is 18.3 Å². The highest BCUT2D eigenvalue weighted by Gasteiger charge is 1.99. The molecule has 0 radical (unpaired) electrons. The Bertz CT molecular complexity index is 436. The van der Waals surface area contributed by atoms with Crippen molar-refractivity contribution < 1.29 is 0 Å². The van der Waals surface area contributed by atoms with Crippen LogP contribution in [0.2, 0.25) is 5.15 Å². The summed E-state index contributed by atoms with van der Waals surface area (Å²) in [7, 11) is 0. The second-order valence-corrected chi connectivity index (χ2v) is 4.58. The number of nitrogens with zero attached hydrogens (tertiary/aromatic N) is 1. The monoisotopic (exact) mass is 253 g/mol. The summed E-state index contributed by atoms with van der Waals surface area (Å²) in [6.45, 7) is 0.823. The molecule has 0 atom stereocenters. The fourth-order valence-corrected chi connectivity index (χ4v) is 2.30. The van der Waals surface area contributed by atoms with Crippen LogP contribution in [0.25, 0.3) is 0 Å². The van der Waals surface area contributed by atoms with E-state index in [-0.39, 0.29) is 0 Å². The molecule has 0 aliphatic rings. The Hall–Kier alpha value is -1.26. The second kappa shape index (κ2) is 5.18. The van der Waals surface area contributed by atoms with Gasteiger partial charge in [-0.1, -0.05) is 11.6 Å². The van der Waals surface area contributed by atoms with E-state index in [9.17, 15) is 0 Å². The minimum absolute atomic E-state index is 0.415. The molecule has 0 aliphatic carbocycles. The molecule has 16 heavy (non-hydrogen) atoms. The molecular weight excluding hydrogens is 242 g/mol. The molecule has 0 saturated carbocycles. The van der Waals surface area contributed by atoms with E-state index in [2.05, 4.69) is 27.1 Å². The van der Waals surface area contributed by atoms with Crippen molar-refractivity contribution >= 4 is 34.4 Å². The van der Waals surface area contributed by atoms with E-state index in [1.165, 1.54) is 5.56 Å². The van der Waals surface area contributed by atoms with Crippen molar-refractivity contribution in [2.24, 2.45) is 0 Å². The van der Waals surface area contributed by atoms with Crippen molar-refractivity contribution in [1.29, 1.82) is 0 Å². The number of halogens is 1. The lowest BCUT2D eigenvalue weighted by molar-refractivity contribution is 1.01. The van der Waals surface area contributed by atoms with Gasteiger partial charge in [0.15, 0.2) is 0 Å². The van der Waals surface area contributed by atoms with E-state index in [0.29, 0.717) is 10.8 Å². The molecular formula is C11H12ClN3S. The number of nitrogen functional groups attached to an aromatic ring is 1. The summed E-state index contributed by atoms with van der Waals surface area (Å²) in [4.78, 5) is 4.13. The first-order valence-electron chi connectivity index (χ1n) is 4.92. The van der Waals surface area contributed by atoms with E-state index in [0.717, 1.165) is 18.8 Å². The topological polar surface area (TPSA) is 50.9 Å². The average Bonchev–Trinajstić information content (AvgIpc) is 2.69. The first-order chi connectivity index (χ1) is 7.74. The number of thiophene rings is 1. The smallest absolute Gasteiger partial charge is 0.133 e. The predicted molar refractivity (Wildman–Crippen MR) is 70.2 cm³/mol. The van der Waals surface area contributed by atoms with Crippen LogP contribution < -0.4 is 11.1 Å². The van der Waals surface area contributed by atoms with Crippen LogP contribution in [0.4, 0.5) is 11.5 Å². The van der Waals surface area contributed by atoms with Crippen LogP contribution in [0.15, 0.2) is 29.0 Å². The third kappa shape index (κ3) is 3.12. The van der Waals surface area contributed by atoms with Gasteiger partial charge in [0.05, 0.1) is 0 Å². The number of anilines is 2. The molecule has 3 nitrogen and oxygen atoms in total. The van der Waals surface area contributed by atoms with E-state index in [1.807, 2.05) is 0 Å².